The lowest BCUT2D eigenvalue weighted by Crippen LogP contribution is -2.48. The van der Waals surface area contributed by atoms with Gasteiger partial charge in [0.2, 0.25) is 6.29 Å². The number of hydrogen-bond acceptors (Lipinski definition) is 9. The van der Waals surface area contributed by atoms with E-state index < -0.39 is 24.5 Å². The summed E-state index contributed by atoms with van der Waals surface area (Å²) in [6.45, 7) is 7.23. The van der Waals surface area contributed by atoms with Gasteiger partial charge in [-0.05, 0) is 24.7 Å². The fourth-order valence-electron chi connectivity index (χ4n) is 2.91. The molecule has 3 rings (SSSR count). The summed E-state index contributed by atoms with van der Waals surface area (Å²) in [6.07, 6.45) is 13.3. The number of carboxylic acids is 1. The highest BCUT2D eigenvalue weighted by atomic mass is 16.7. The van der Waals surface area contributed by atoms with Crippen molar-refractivity contribution in [2.75, 3.05) is 26.7 Å². The van der Waals surface area contributed by atoms with Crippen LogP contribution in [0.5, 0.6) is 5.75 Å². The minimum Gasteiger partial charge on any atom is -0.479 e. The van der Waals surface area contributed by atoms with Crippen LogP contribution in [0.3, 0.4) is 0 Å². The third-order valence-corrected chi connectivity index (χ3v) is 4.41. The van der Waals surface area contributed by atoms with Crippen molar-refractivity contribution in [1.82, 2.24) is 10.2 Å². The van der Waals surface area contributed by atoms with Gasteiger partial charge in [-0.3, -0.25) is 10.1 Å². The van der Waals surface area contributed by atoms with Gasteiger partial charge in [-0.25, -0.2) is 4.79 Å². The number of carboxylic acid groups (broad SMARTS) is 1. The van der Waals surface area contributed by atoms with E-state index in [1.54, 1.807) is 24.3 Å². The van der Waals surface area contributed by atoms with Gasteiger partial charge in [0.05, 0.1) is 6.10 Å². The van der Waals surface area contributed by atoms with Gasteiger partial charge >= 0.3 is 5.97 Å². The molecule has 35 heavy (non-hydrogen) atoms. The minimum absolute atomic E-state index is 0.0527. The summed E-state index contributed by atoms with van der Waals surface area (Å²) in [6, 6.07) is 6.74. The lowest BCUT2D eigenvalue weighted by atomic mass is 10.1. The van der Waals surface area contributed by atoms with Crippen LogP contribution in [0.15, 0.2) is 24.3 Å². The monoisotopic (exact) mass is 494 g/mol. The molecular weight excluding hydrogens is 456 g/mol. The highest BCUT2D eigenvalue weighted by Crippen LogP contribution is 2.23. The number of aliphatic hydroxyl groups is 2. The van der Waals surface area contributed by atoms with Crippen molar-refractivity contribution in [3.63, 3.8) is 0 Å². The normalized spacial score (nSPS) is 22.9. The van der Waals surface area contributed by atoms with E-state index in [-0.39, 0.29) is 25.7 Å². The first-order valence-corrected chi connectivity index (χ1v) is 11.0. The molecule has 1 aromatic rings. The Morgan fingerprint density at radius 3 is 2.23 bits per heavy atom. The summed E-state index contributed by atoms with van der Waals surface area (Å²) in [7, 11) is 2.00. The first-order valence-electron chi connectivity index (χ1n) is 11.0. The number of terminal acetylenes is 2. The van der Waals surface area contributed by atoms with Crippen molar-refractivity contribution in [1.29, 1.82) is 0 Å². The molecule has 0 bridgehead atoms. The Bertz CT molecular complexity index is 709. The molecule has 3 unspecified atom stereocenters. The van der Waals surface area contributed by atoms with Crippen molar-refractivity contribution in [3.8, 4) is 31.4 Å². The van der Waals surface area contributed by atoms with Gasteiger partial charge in [0.25, 0.3) is 6.47 Å². The van der Waals surface area contributed by atoms with Gasteiger partial charge in [0, 0.05) is 32.5 Å². The van der Waals surface area contributed by atoms with Crippen molar-refractivity contribution >= 4 is 12.4 Å². The Morgan fingerprint density at radius 2 is 1.77 bits per heavy atom. The first-order chi connectivity index (χ1) is 16.9. The highest BCUT2D eigenvalue weighted by Gasteiger charge is 2.33. The zero-order valence-corrected chi connectivity index (χ0v) is 20.6. The highest BCUT2D eigenvalue weighted by molar-refractivity contribution is 5.72. The number of carbonyl (C=O) groups excluding carboxylic acids is 1. The van der Waals surface area contributed by atoms with E-state index in [1.807, 2.05) is 20.9 Å². The van der Waals surface area contributed by atoms with Crippen molar-refractivity contribution in [2.45, 2.75) is 58.0 Å². The maximum atomic E-state index is 10.9. The smallest absolute Gasteiger partial charge is 0.333 e. The number of β-amino-alcohol motifs (C(OH)–C–C–N with tert-alkyl or cyclic N) is 1. The minimum atomic E-state index is -1.12. The number of rotatable bonds is 6. The summed E-state index contributed by atoms with van der Waals surface area (Å²) in [4.78, 5) is 23.1. The van der Waals surface area contributed by atoms with Crippen LogP contribution < -0.4 is 10.1 Å². The second kappa shape index (κ2) is 21.4. The lowest BCUT2D eigenvalue weighted by Gasteiger charge is -2.31. The maximum Gasteiger partial charge on any atom is 0.333 e. The number of ether oxygens (including phenoxy) is 3. The molecule has 0 amide bonds. The van der Waals surface area contributed by atoms with E-state index >= 15 is 0 Å². The molecule has 10 heteroatoms. The molecule has 196 valence electrons. The lowest BCUT2D eigenvalue weighted by molar-refractivity contribution is -0.195. The third kappa shape index (κ3) is 15.4. The largest absolute Gasteiger partial charge is 0.479 e. The molecule has 0 saturated carbocycles. The van der Waals surface area contributed by atoms with Gasteiger partial charge in [-0.1, -0.05) is 26.0 Å². The average Bonchev–Trinajstić information content (AvgIpc) is 2.87. The number of aliphatic hydroxyl groups excluding tert-OH is 2. The molecule has 0 spiro atoms. The first kappa shape index (κ1) is 34.0. The van der Waals surface area contributed by atoms with Crippen LogP contribution in [0.1, 0.15) is 32.3 Å². The molecule has 2 saturated heterocycles. The summed E-state index contributed by atoms with van der Waals surface area (Å²) in [5.74, 6) is -0.642. The van der Waals surface area contributed by atoms with Gasteiger partial charge in [0.1, 0.15) is 18.6 Å². The Morgan fingerprint density at radius 1 is 1.17 bits per heavy atom. The van der Waals surface area contributed by atoms with Crippen molar-refractivity contribution in [2.24, 2.45) is 0 Å². The van der Waals surface area contributed by atoms with Crippen LogP contribution in [-0.2, 0) is 25.7 Å². The fraction of sp³-hybridized carbons (Fsp3) is 0.520. The molecule has 4 N–H and O–H groups in total. The number of nitrogens with one attached hydrogen (secondary N) is 1. The van der Waals surface area contributed by atoms with E-state index in [2.05, 4.69) is 40.6 Å². The van der Waals surface area contributed by atoms with Crippen LogP contribution in [0.25, 0.3) is 0 Å². The van der Waals surface area contributed by atoms with Gasteiger partial charge in [0.15, 0.2) is 6.10 Å². The van der Waals surface area contributed by atoms with Crippen LogP contribution in [0.4, 0.5) is 0 Å². The molecule has 2 aliphatic rings. The van der Waals surface area contributed by atoms with E-state index in [9.17, 15) is 14.7 Å². The molecule has 0 aromatic heterocycles. The maximum absolute atomic E-state index is 10.9. The van der Waals surface area contributed by atoms with Gasteiger partial charge in [-0.15, -0.1) is 25.7 Å². The molecule has 1 aromatic carbocycles. The molecule has 2 aliphatic heterocycles. The summed E-state index contributed by atoms with van der Waals surface area (Å²) in [5, 5.41) is 30.4. The summed E-state index contributed by atoms with van der Waals surface area (Å²) in [5.41, 5.74) is 0.794. The van der Waals surface area contributed by atoms with Crippen LogP contribution in [0, 0.1) is 25.7 Å². The van der Waals surface area contributed by atoms with E-state index in [1.165, 1.54) is 0 Å². The number of carbonyl (C=O) groups is 2. The number of piperazine rings is 1. The molecule has 2 heterocycles. The molecular formula is C25H38N2O8. The average molecular weight is 495 g/mol. The summed E-state index contributed by atoms with van der Waals surface area (Å²) < 4.78 is 15.4. The standard InChI is InChI=1S/C14H16O7.C5H12N2O.C2H6.2C2H2/c15-8-19-7-9-1-3-11(4-2-9)20-13-6-10(16)5-12(21-13)14(17)18;1-7-3-2-6-5(8)4-7;3*1-2/h1-4,8,10,12-13,16H,5-7H2,(H,17,18);5-6,8H,2-4H2,1H3;1-2H3;2*1-2H/t;5-;;;/m.1.../s1. The number of benzene rings is 1. The Balaban J connectivity index is 0. The second-order valence-electron chi connectivity index (χ2n) is 6.92. The summed E-state index contributed by atoms with van der Waals surface area (Å²) >= 11 is 0. The molecule has 0 aliphatic carbocycles. The SMILES string of the molecule is C#C.C#C.CC.CN1CCN[C@H](O)C1.O=COCc1ccc(OC2CC(O)CC(C(=O)O)O2)cc1. The van der Waals surface area contributed by atoms with Crippen LogP contribution in [0.2, 0.25) is 0 Å². The molecule has 2 fully saturated rings. The van der Waals surface area contributed by atoms with Crippen LogP contribution >= 0.6 is 0 Å². The Labute approximate surface area is 208 Å². The van der Waals surface area contributed by atoms with Gasteiger partial charge < -0.3 is 34.4 Å². The number of nitrogens with zero attached hydrogens (tertiary/aromatic N) is 1. The number of aliphatic carboxylic acids is 1. The molecule has 0 radical (unpaired) electrons. The second-order valence-corrected chi connectivity index (χ2v) is 6.92. The number of likely N-dealkylation sites (N-methyl/N-ethyl adjacent to an activating group) is 1. The van der Waals surface area contributed by atoms with Crippen LogP contribution in [-0.4, -0.2) is 84.1 Å². The predicted molar refractivity (Wildman–Crippen MR) is 132 cm³/mol. The fourth-order valence-corrected chi connectivity index (χ4v) is 2.91. The zero-order valence-electron chi connectivity index (χ0n) is 20.6. The Hall–Kier alpha value is -3.12. The van der Waals surface area contributed by atoms with Crippen molar-refractivity contribution < 1.29 is 39.1 Å². The van der Waals surface area contributed by atoms with E-state index in [4.69, 9.17) is 19.7 Å². The van der Waals surface area contributed by atoms with E-state index in [0.29, 0.717) is 12.2 Å². The zero-order chi connectivity index (χ0) is 27.2. The van der Waals surface area contributed by atoms with E-state index in [0.717, 1.165) is 25.2 Å². The quantitative estimate of drug-likeness (QED) is 0.335. The van der Waals surface area contributed by atoms with Gasteiger partial charge in [-0.2, -0.15) is 0 Å². The molecule has 4 atom stereocenters. The Kier molecular flexibility index (Phi) is 20.8. The molecule has 10 nitrogen and oxygen atoms in total. The topological polar surface area (TPSA) is 138 Å². The third-order valence-electron chi connectivity index (χ3n) is 4.41. The predicted octanol–water partition coefficient (Wildman–Crippen LogP) is 1.05. The van der Waals surface area contributed by atoms with Crippen molar-refractivity contribution in [3.05, 3.63) is 29.8 Å². The number of hydrogen-bond donors (Lipinski definition) is 4.